The molecule has 1 spiro atoms. The topological polar surface area (TPSA) is 59.1 Å². The lowest BCUT2D eigenvalue weighted by atomic mass is 9.69. The number of hydrogen-bond acceptors (Lipinski definition) is 5. The highest BCUT2D eigenvalue weighted by Gasteiger charge is 2.51. The van der Waals surface area contributed by atoms with Crippen LogP contribution >= 0.6 is 0 Å². The normalized spacial score (nSPS) is 20.2. The van der Waals surface area contributed by atoms with Crippen LogP contribution in [0.4, 0.5) is 13.2 Å². The molecule has 2 heterocycles. The number of hydrogen-bond donors (Lipinski definition) is 0. The quantitative estimate of drug-likeness (QED) is 0.535. The van der Waals surface area contributed by atoms with Crippen LogP contribution in [0.15, 0.2) is 54.6 Å². The van der Waals surface area contributed by atoms with Gasteiger partial charge < -0.3 is 14.4 Å². The number of ether oxygens (including phenoxy) is 2. The van der Waals surface area contributed by atoms with Crippen LogP contribution < -0.4 is 4.74 Å². The van der Waals surface area contributed by atoms with E-state index >= 15 is 0 Å². The molecule has 36 heavy (non-hydrogen) atoms. The lowest BCUT2D eigenvalue weighted by molar-refractivity contribution is -0.216. The maximum absolute atomic E-state index is 13.1. The van der Waals surface area contributed by atoms with Gasteiger partial charge >= 0.3 is 12.1 Å². The molecule has 0 aromatic heterocycles. The first-order chi connectivity index (χ1) is 17.2. The zero-order valence-corrected chi connectivity index (χ0v) is 20.3. The van der Waals surface area contributed by atoms with E-state index in [4.69, 9.17) is 9.47 Å². The number of piperidine rings is 2. The highest BCUT2D eigenvalue weighted by Crippen LogP contribution is 2.44. The summed E-state index contributed by atoms with van der Waals surface area (Å²) in [5, 5.41) is 0. The third-order valence-corrected chi connectivity index (χ3v) is 7.21. The summed E-state index contributed by atoms with van der Waals surface area (Å²) in [6.07, 6.45) is -4.45. The van der Waals surface area contributed by atoms with Gasteiger partial charge in [0.25, 0.3) is 5.91 Å². The number of benzene rings is 2. The third kappa shape index (κ3) is 6.00. The molecule has 2 saturated heterocycles. The molecule has 1 amide bonds. The molecular weight excluding hydrogens is 473 g/mol. The number of likely N-dealkylation sites (tertiary alicyclic amines) is 2. The van der Waals surface area contributed by atoms with Crippen molar-refractivity contribution in [3.8, 4) is 5.75 Å². The van der Waals surface area contributed by atoms with Gasteiger partial charge in [-0.15, -0.1) is 0 Å². The first-order valence-corrected chi connectivity index (χ1v) is 12.3. The Hall–Kier alpha value is -3.07. The Morgan fingerprint density at radius 1 is 1.00 bits per heavy atom. The van der Waals surface area contributed by atoms with Gasteiger partial charge in [-0.25, -0.2) is 4.79 Å². The van der Waals surface area contributed by atoms with Crippen LogP contribution in [-0.4, -0.2) is 66.7 Å². The minimum absolute atomic E-state index is 0.0497. The van der Waals surface area contributed by atoms with Crippen molar-refractivity contribution in [1.29, 1.82) is 0 Å². The van der Waals surface area contributed by atoms with Crippen molar-refractivity contribution in [2.24, 2.45) is 5.41 Å². The van der Waals surface area contributed by atoms with Gasteiger partial charge in [-0.1, -0.05) is 30.3 Å². The zero-order chi connectivity index (χ0) is 25.8. The summed E-state index contributed by atoms with van der Waals surface area (Å²) >= 11 is 0. The van der Waals surface area contributed by atoms with Gasteiger partial charge in [0.05, 0.1) is 13.2 Å². The van der Waals surface area contributed by atoms with Crippen LogP contribution in [0.3, 0.4) is 0 Å². The van der Waals surface area contributed by atoms with Crippen LogP contribution in [0.1, 0.15) is 42.1 Å². The summed E-state index contributed by atoms with van der Waals surface area (Å²) in [5.74, 6) is -1.67. The lowest BCUT2D eigenvalue weighted by Crippen LogP contribution is -2.58. The first kappa shape index (κ1) is 26.0. The number of rotatable bonds is 6. The fourth-order valence-corrected chi connectivity index (χ4v) is 5.20. The van der Waals surface area contributed by atoms with Crippen molar-refractivity contribution in [3.05, 3.63) is 65.7 Å². The average molecular weight is 505 g/mol. The standard InChI is InChI=1S/C27H31F3N2O4/c1-2-35-22-10-6-7-20(17-22)18-31-14-11-26(12-15-31)13-16-32(24(33)21-8-4-3-5-9-21)19-23(26)36-25(34)27(28,29)30/h3-10,17,23H,2,11-16,18-19H2,1H3. The Balaban J connectivity index is 1.46. The second-order valence-electron chi connectivity index (χ2n) is 9.48. The summed E-state index contributed by atoms with van der Waals surface area (Å²) in [7, 11) is 0. The number of carbonyl (C=O) groups is 2. The van der Waals surface area contributed by atoms with Crippen molar-refractivity contribution < 1.29 is 32.2 Å². The average Bonchev–Trinajstić information content (AvgIpc) is 2.87. The minimum atomic E-state index is -5.08. The Kier molecular flexibility index (Phi) is 7.88. The third-order valence-electron chi connectivity index (χ3n) is 7.21. The van der Waals surface area contributed by atoms with E-state index in [1.165, 1.54) is 4.90 Å². The number of esters is 1. The smallest absolute Gasteiger partial charge is 0.490 e. The molecule has 0 bridgehead atoms. The van der Waals surface area contributed by atoms with E-state index in [1.54, 1.807) is 30.3 Å². The van der Waals surface area contributed by atoms with Gasteiger partial charge in [-0.3, -0.25) is 9.69 Å². The Morgan fingerprint density at radius 2 is 1.69 bits per heavy atom. The number of alkyl halides is 3. The molecule has 0 aliphatic carbocycles. The van der Waals surface area contributed by atoms with E-state index in [0.29, 0.717) is 57.6 Å². The molecule has 0 saturated carbocycles. The zero-order valence-electron chi connectivity index (χ0n) is 20.3. The predicted molar refractivity (Wildman–Crippen MR) is 127 cm³/mol. The van der Waals surface area contributed by atoms with Crippen molar-refractivity contribution in [3.63, 3.8) is 0 Å². The van der Waals surface area contributed by atoms with E-state index in [1.807, 2.05) is 31.2 Å². The summed E-state index contributed by atoms with van der Waals surface area (Å²) in [5.41, 5.74) is 0.955. The van der Waals surface area contributed by atoms with Crippen LogP contribution in [0.25, 0.3) is 0 Å². The first-order valence-electron chi connectivity index (χ1n) is 12.3. The Labute approximate surface area is 209 Å². The number of halogens is 3. The van der Waals surface area contributed by atoms with Gasteiger partial charge in [0.15, 0.2) is 0 Å². The maximum Gasteiger partial charge on any atom is 0.490 e. The molecule has 2 aromatic carbocycles. The second-order valence-corrected chi connectivity index (χ2v) is 9.48. The minimum Gasteiger partial charge on any atom is -0.494 e. The van der Waals surface area contributed by atoms with Crippen LogP contribution in [0.2, 0.25) is 0 Å². The number of nitrogens with zero attached hydrogens (tertiary/aromatic N) is 2. The second kappa shape index (κ2) is 10.9. The van der Waals surface area contributed by atoms with Crippen LogP contribution in [-0.2, 0) is 16.1 Å². The van der Waals surface area contributed by atoms with Crippen LogP contribution in [0.5, 0.6) is 5.75 Å². The predicted octanol–water partition coefficient (Wildman–Crippen LogP) is 4.69. The molecule has 9 heteroatoms. The SMILES string of the molecule is CCOc1cccc(CN2CCC3(CC2)CCN(C(=O)c2ccccc2)CC3OC(=O)C(F)(F)F)c1. The molecule has 2 aromatic rings. The molecule has 0 radical (unpaired) electrons. The highest BCUT2D eigenvalue weighted by atomic mass is 19.4. The van der Waals surface area contributed by atoms with Crippen molar-refractivity contribution >= 4 is 11.9 Å². The molecule has 4 rings (SSSR count). The van der Waals surface area contributed by atoms with Gasteiger partial charge in [0.1, 0.15) is 11.9 Å². The molecule has 2 fully saturated rings. The molecule has 6 nitrogen and oxygen atoms in total. The molecule has 1 atom stereocenters. The Morgan fingerprint density at radius 3 is 2.36 bits per heavy atom. The van der Waals surface area contributed by atoms with Crippen molar-refractivity contribution in [1.82, 2.24) is 9.80 Å². The number of amides is 1. The van der Waals surface area contributed by atoms with Gasteiger partial charge in [-0.05, 0) is 69.1 Å². The van der Waals surface area contributed by atoms with Gasteiger partial charge in [0.2, 0.25) is 0 Å². The monoisotopic (exact) mass is 504 g/mol. The number of carbonyl (C=O) groups excluding carboxylic acids is 2. The fraction of sp³-hybridized carbons (Fsp3) is 0.481. The highest BCUT2D eigenvalue weighted by molar-refractivity contribution is 5.94. The summed E-state index contributed by atoms with van der Waals surface area (Å²) < 4.78 is 49.9. The van der Waals surface area contributed by atoms with E-state index in [9.17, 15) is 22.8 Å². The summed E-state index contributed by atoms with van der Waals surface area (Å²) in [6.45, 7) is 4.88. The molecule has 0 N–H and O–H groups in total. The largest absolute Gasteiger partial charge is 0.494 e. The molecular formula is C27H31F3N2O4. The summed E-state index contributed by atoms with van der Waals surface area (Å²) in [4.78, 5) is 28.5. The van der Waals surface area contributed by atoms with E-state index in [0.717, 1.165) is 11.3 Å². The summed E-state index contributed by atoms with van der Waals surface area (Å²) in [6, 6.07) is 16.5. The van der Waals surface area contributed by atoms with E-state index in [2.05, 4.69) is 4.90 Å². The van der Waals surface area contributed by atoms with E-state index in [-0.39, 0.29) is 12.5 Å². The van der Waals surface area contributed by atoms with Gasteiger partial charge in [0, 0.05) is 24.1 Å². The maximum atomic E-state index is 13.1. The Bertz CT molecular complexity index is 1050. The van der Waals surface area contributed by atoms with Crippen LogP contribution in [0, 0.1) is 5.41 Å². The van der Waals surface area contributed by atoms with Crippen molar-refractivity contribution in [2.75, 3.05) is 32.8 Å². The molecule has 2 aliphatic rings. The van der Waals surface area contributed by atoms with Crippen molar-refractivity contribution in [2.45, 2.75) is 45.0 Å². The molecule has 194 valence electrons. The lowest BCUT2D eigenvalue weighted by Gasteiger charge is -2.51. The van der Waals surface area contributed by atoms with Gasteiger partial charge in [-0.2, -0.15) is 13.2 Å². The molecule has 1 unspecified atom stereocenters. The molecule has 2 aliphatic heterocycles. The van der Waals surface area contributed by atoms with E-state index < -0.39 is 23.7 Å². The fourth-order valence-electron chi connectivity index (χ4n) is 5.20.